The molecule has 0 saturated carbocycles. The van der Waals surface area contributed by atoms with Gasteiger partial charge in [0.15, 0.2) is 0 Å². The van der Waals surface area contributed by atoms with Gasteiger partial charge in [-0.3, -0.25) is 9.59 Å². The Balaban J connectivity index is 1.79. The fourth-order valence-corrected chi connectivity index (χ4v) is 3.05. The summed E-state index contributed by atoms with van der Waals surface area (Å²) in [4.78, 5) is 24.4. The summed E-state index contributed by atoms with van der Waals surface area (Å²) in [5, 5.41) is 8.55. The molecule has 1 N–H and O–H groups in total. The van der Waals surface area contributed by atoms with E-state index in [1.54, 1.807) is 13.1 Å². The van der Waals surface area contributed by atoms with Crippen molar-refractivity contribution in [1.82, 2.24) is 15.1 Å². The number of nitrogens with one attached hydrogen (secondary N) is 1. The van der Waals surface area contributed by atoms with Crippen LogP contribution in [0.3, 0.4) is 0 Å². The lowest BCUT2D eigenvalue weighted by molar-refractivity contribution is -0.121. The monoisotopic (exact) mass is 315 g/mol. The zero-order valence-electron chi connectivity index (χ0n) is 13.4. The first-order valence-corrected chi connectivity index (χ1v) is 7.92. The van der Waals surface area contributed by atoms with Crippen molar-refractivity contribution in [1.29, 1.82) is 0 Å². The van der Waals surface area contributed by atoms with Crippen LogP contribution in [-0.2, 0) is 23.0 Å². The van der Waals surface area contributed by atoms with E-state index >= 15 is 0 Å². The van der Waals surface area contributed by atoms with Crippen molar-refractivity contribution < 1.29 is 9.53 Å². The Morgan fingerprint density at radius 3 is 2.87 bits per heavy atom. The number of carbonyl (C=O) groups is 1. The van der Waals surface area contributed by atoms with Crippen molar-refractivity contribution in [3.63, 3.8) is 0 Å². The minimum absolute atomic E-state index is 0.0243. The van der Waals surface area contributed by atoms with E-state index in [0.29, 0.717) is 11.1 Å². The fourth-order valence-electron chi connectivity index (χ4n) is 3.05. The van der Waals surface area contributed by atoms with Gasteiger partial charge < -0.3 is 10.1 Å². The molecule has 2 heterocycles. The highest BCUT2D eigenvalue weighted by Crippen LogP contribution is 2.16. The Hall–Kier alpha value is -2.21. The maximum atomic E-state index is 12.3. The molecule has 6 heteroatoms. The number of aryl methyl sites for hydroxylation is 1. The molecule has 1 amide bonds. The predicted octanol–water partition coefficient (Wildman–Crippen LogP) is 1.16. The van der Waals surface area contributed by atoms with Crippen LogP contribution in [0.1, 0.15) is 25.5 Å². The number of fused-ring (bicyclic) bond motifs is 1. The number of aromatic nitrogens is 2. The lowest BCUT2D eigenvalue weighted by atomic mass is 10.1. The van der Waals surface area contributed by atoms with Crippen LogP contribution in [0, 0.1) is 0 Å². The first-order chi connectivity index (χ1) is 11.1. The van der Waals surface area contributed by atoms with Gasteiger partial charge in [-0.1, -0.05) is 18.2 Å². The summed E-state index contributed by atoms with van der Waals surface area (Å²) in [6.45, 7) is 2.72. The quantitative estimate of drug-likeness (QED) is 0.919. The number of carbonyl (C=O) groups excluding carboxylic acids is 1. The van der Waals surface area contributed by atoms with Gasteiger partial charge in [0.1, 0.15) is 0 Å². The summed E-state index contributed by atoms with van der Waals surface area (Å²) in [6, 6.07) is 7.22. The van der Waals surface area contributed by atoms with E-state index in [0.717, 1.165) is 24.8 Å². The molecule has 1 aliphatic heterocycles. The van der Waals surface area contributed by atoms with Gasteiger partial charge >= 0.3 is 0 Å². The normalized spacial score (nSPS) is 19.0. The SMILES string of the molecule is C[C@@H](NC(=O)Cc1nn(C)c(=O)c2ccccc12)[C@@H]1CCCO1. The largest absolute Gasteiger partial charge is 0.376 e. The van der Waals surface area contributed by atoms with Gasteiger partial charge in [-0.05, 0) is 25.8 Å². The molecule has 2 atom stereocenters. The summed E-state index contributed by atoms with van der Waals surface area (Å²) < 4.78 is 6.88. The van der Waals surface area contributed by atoms with E-state index in [1.807, 2.05) is 25.1 Å². The maximum absolute atomic E-state index is 12.3. The smallest absolute Gasteiger partial charge is 0.274 e. The van der Waals surface area contributed by atoms with Gasteiger partial charge in [0.05, 0.1) is 29.6 Å². The average Bonchev–Trinajstić information content (AvgIpc) is 3.07. The maximum Gasteiger partial charge on any atom is 0.274 e. The van der Waals surface area contributed by atoms with Crippen molar-refractivity contribution >= 4 is 16.7 Å². The molecular weight excluding hydrogens is 294 g/mol. The Kier molecular flexibility index (Phi) is 4.43. The van der Waals surface area contributed by atoms with Crippen LogP contribution in [0.25, 0.3) is 10.8 Å². The molecule has 1 aromatic heterocycles. The molecule has 0 bridgehead atoms. The summed E-state index contributed by atoms with van der Waals surface area (Å²) >= 11 is 0. The standard InChI is InChI=1S/C17H21N3O3/c1-11(15-8-5-9-23-15)18-16(21)10-14-12-6-3-4-7-13(12)17(22)20(2)19-14/h3-4,6-7,11,15H,5,8-10H2,1-2H3,(H,18,21)/t11-,15+/m1/s1. The Morgan fingerprint density at radius 1 is 1.43 bits per heavy atom. The van der Waals surface area contributed by atoms with E-state index in [1.165, 1.54) is 4.68 Å². The molecule has 3 rings (SSSR count). The van der Waals surface area contributed by atoms with Crippen molar-refractivity contribution in [2.45, 2.75) is 38.3 Å². The van der Waals surface area contributed by atoms with E-state index < -0.39 is 0 Å². The number of ether oxygens (including phenoxy) is 1. The van der Waals surface area contributed by atoms with Crippen molar-refractivity contribution in [3.8, 4) is 0 Å². The lowest BCUT2D eigenvalue weighted by Crippen LogP contribution is -2.41. The summed E-state index contributed by atoms with van der Waals surface area (Å²) in [7, 11) is 1.60. The summed E-state index contributed by atoms with van der Waals surface area (Å²) in [5.41, 5.74) is 0.456. The Bertz CT molecular complexity index is 778. The van der Waals surface area contributed by atoms with Gasteiger partial charge in [0.2, 0.25) is 5.91 Å². The van der Waals surface area contributed by atoms with Crippen molar-refractivity contribution in [2.75, 3.05) is 6.61 Å². The molecule has 2 aromatic rings. The first-order valence-electron chi connectivity index (χ1n) is 7.92. The van der Waals surface area contributed by atoms with Crippen molar-refractivity contribution in [2.24, 2.45) is 7.05 Å². The van der Waals surface area contributed by atoms with E-state index in [9.17, 15) is 9.59 Å². The second-order valence-electron chi connectivity index (χ2n) is 6.01. The molecule has 0 unspecified atom stereocenters. The zero-order valence-corrected chi connectivity index (χ0v) is 13.4. The molecule has 1 saturated heterocycles. The van der Waals surface area contributed by atoms with Gasteiger partial charge in [0, 0.05) is 19.0 Å². The Morgan fingerprint density at radius 2 is 2.17 bits per heavy atom. The number of hydrogen-bond donors (Lipinski definition) is 1. The van der Waals surface area contributed by atoms with Gasteiger partial charge in [-0.25, -0.2) is 4.68 Å². The molecule has 0 radical (unpaired) electrons. The van der Waals surface area contributed by atoms with Crippen LogP contribution in [0.2, 0.25) is 0 Å². The first kappa shape index (κ1) is 15.7. The highest BCUT2D eigenvalue weighted by molar-refractivity contribution is 5.88. The number of rotatable bonds is 4. The Labute approximate surface area is 134 Å². The molecule has 0 spiro atoms. The summed E-state index contributed by atoms with van der Waals surface area (Å²) in [6.07, 6.45) is 2.25. The lowest BCUT2D eigenvalue weighted by Gasteiger charge is -2.20. The predicted molar refractivity (Wildman–Crippen MR) is 87.3 cm³/mol. The highest BCUT2D eigenvalue weighted by atomic mass is 16.5. The van der Waals surface area contributed by atoms with Crippen molar-refractivity contribution in [3.05, 3.63) is 40.3 Å². The van der Waals surface area contributed by atoms with Crippen LogP contribution < -0.4 is 10.9 Å². The van der Waals surface area contributed by atoms with Crippen LogP contribution in [-0.4, -0.2) is 34.4 Å². The van der Waals surface area contributed by atoms with Crippen LogP contribution >= 0.6 is 0 Å². The van der Waals surface area contributed by atoms with E-state index in [2.05, 4.69) is 10.4 Å². The summed E-state index contributed by atoms with van der Waals surface area (Å²) in [5.74, 6) is -0.107. The topological polar surface area (TPSA) is 73.2 Å². The molecular formula is C17H21N3O3. The molecule has 1 fully saturated rings. The third kappa shape index (κ3) is 3.27. The number of amides is 1. The third-order valence-electron chi connectivity index (χ3n) is 4.27. The van der Waals surface area contributed by atoms with Gasteiger partial charge in [-0.15, -0.1) is 0 Å². The molecule has 0 aliphatic carbocycles. The third-order valence-corrected chi connectivity index (χ3v) is 4.27. The zero-order chi connectivity index (χ0) is 16.4. The van der Waals surface area contributed by atoms with Crippen LogP contribution in [0.15, 0.2) is 29.1 Å². The molecule has 122 valence electrons. The average molecular weight is 315 g/mol. The minimum Gasteiger partial charge on any atom is -0.376 e. The molecule has 1 aliphatic rings. The minimum atomic E-state index is -0.155. The van der Waals surface area contributed by atoms with E-state index in [-0.39, 0.29) is 30.0 Å². The highest BCUT2D eigenvalue weighted by Gasteiger charge is 2.24. The van der Waals surface area contributed by atoms with Gasteiger partial charge in [0.25, 0.3) is 5.56 Å². The van der Waals surface area contributed by atoms with Gasteiger partial charge in [-0.2, -0.15) is 5.10 Å². The second-order valence-corrected chi connectivity index (χ2v) is 6.01. The molecule has 23 heavy (non-hydrogen) atoms. The second kappa shape index (κ2) is 6.50. The van der Waals surface area contributed by atoms with Crippen LogP contribution in [0.4, 0.5) is 0 Å². The number of hydrogen-bond acceptors (Lipinski definition) is 4. The van der Waals surface area contributed by atoms with Crippen LogP contribution in [0.5, 0.6) is 0 Å². The molecule has 6 nitrogen and oxygen atoms in total. The molecule has 1 aromatic carbocycles. The fraction of sp³-hybridized carbons (Fsp3) is 0.471. The number of benzene rings is 1. The van der Waals surface area contributed by atoms with E-state index in [4.69, 9.17) is 4.74 Å². The number of nitrogens with zero attached hydrogens (tertiary/aromatic N) is 2.